The second-order valence-corrected chi connectivity index (χ2v) is 5.94. The van der Waals surface area contributed by atoms with Gasteiger partial charge in [0, 0.05) is 9.61 Å². The summed E-state index contributed by atoms with van der Waals surface area (Å²) in [4.78, 5) is 0. The Bertz CT molecular complexity index is 320. The highest BCUT2D eigenvalue weighted by Gasteiger charge is 2.29. The van der Waals surface area contributed by atoms with Gasteiger partial charge >= 0.3 is 0 Å². The molecule has 1 aromatic rings. The minimum Gasteiger partial charge on any atom is -0.327 e. The van der Waals surface area contributed by atoms with Gasteiger partial charge < -0.3 is 5.73 Å². The van der Waals surface area contributed by atoms with E-state index in [1.54, 1.807) is 0 Å². The Morgan fingerprint density at radius 2 is 1.93 bits per heavy atom. The summed E-state index contributed by atoms with van der Waals surface area (Å²) in [6, 6.07) is 9.31. The zero-order chi connectivity index (χ0) is 10.8. The zero-order valence-electron chi connectivity index (χ0n) is 9.12. The molecular weight excluding hydrogens is 297 g/mol. The highest BCUT2D eigenvalue weighted by Crippen LogP contribution is 2.33. The summed E-state index contributed by atoms with van der Waals surface area (Å²) in [5.74, 6) is 1.48. The first-order valence-corrected chi connectivity index (χ1v) is 6.74. The Kier molecular flexibility index (Phi) is 3.67. The monoisotopic (exact) mass is 315 g/mol. The van der Waals surface area contributed by atoms with Crippen molar-refractivity contribution < 1.29 is 0 Å². The third-order valence-corrected chi connectivity index (χ3v) is 4.42. The smallest absolute Gasteiger partial charge is 0.0130 e. The Hall–Kier alpha value is -0.0900. The summed E-state index contributed by atoms with van der Waals surface area (Å²) in [6.45, 7) is 2.30. The van der Waals surface area contributed by atoms with Crippen LogP contribution in [0.4, 0.5) is 0 Å². The van der Waals surface area contributed by atoms with Gasteiger partial charge in [-0.15, -0.1) is 0 Å². The van der Waals surface area contributed by atoms with Crippen LogP contribution in [0.3, 0.4) is 0 Å². The highest BCUT2D eigenvalue weighted by atomic mass is 127. The van der Waals surface area contributed by atoms with Gasteiger partial charge in [-0.3, -0.25) is 0 Å². The quantitative estimate of drug-likeness (QED) is 0.833. The second kappa shape index (κ2) is 4.83. The van der Waals surface area contributed by atoms with Gasteiger partial charge in [0.15, 0.2) is 0 Å². The van der Waals surface area contributed by atoms with E-state index in [2.05, 4.69) is 53.8 Å². The molecule has 82 valence electrons. The van der Waals surface area contributed by atoms with E-state index in [-0.39, 0.29) is 0 Å². The van der Waals surface area contributed by atoms with Crippen LogP contribution >= 0.6 is 22.6 Å². The lowest BCUT2D eigenvalue weighted by molar-refractivity contribution is 0.390. The Morgan fingerprint density at radius 3 is 2.47 bits per heavy atom. The average Bonchev–Trinajstić information content (AvgIpc) is 2.53. The van der Waals surface area contributed by atoms with Gasteiger partial charge in [0.25, 0.3) is 0 Å². The Labute approximate surface area is 106 Å². The first-order chi connectivity index (χ1) is 7.16. The third kappa shape index (κ3) is 2.72. The second-order valence-electron chi connectivity index (χ2n) is 4.69. The van der Waals surface area contributed by atoms with Crippen LogP contribution < -0.4 is 5.73 Å². The summed E-state index contributed by atoms with van der Waals surface area (Å²) in [5.41, 5.74) is 7.50. The van der Waals surface area contributed by atoms with Gasteiger partial charge in [-0.1, -0.05) is 19.1 Å². The van der Waals surface area contributed by atoms with Crippen LogP contribution in [0.1, 0.15) is 25.3 Å². The number of benzene rings is 1. The van der Waals surface area contributed by atoms with Gasteiger partial charge in [-0.2, -0.15) is 0 Å². The van der Waals surface area contributed by atoms with Crippen molar-refractivity contribution in [2.45, 2.75) is 32.2 Å². The first-order valence-electron chi connectivity index (χ1n) is 5.67. The molecule has 1 aromatic carbocycles. The van der Waals surface area contributed by atoms with Gasteiger partial charge in [0.1, 0.15) is 0 Å². The molecule has 0 spiro atoms. The molecule has 1 aliphatic rings. The summed E-state index contributed by atoms with van der Waals surface area (Å²) >= 11 is 2.35. The van der Waals surface area contributed by atoms with Crippen molar-refractivity contribution in [3.63, 3.8) is 0 Å². The number of rotatable bonds is 2. The van der Waals surface area contributed by atoms with E-state index in [1.807, 2.05) is 0 Å². The predicted octanol–water partition coefficient (Wildman–Crippen LogP) is 3.21. The molecule has 3 unspecified atom stereocenters. The lowest BCUT2D eigenvalue weighted by atomic mass is 9.90. The molecule has 2 N–H and O–H groups in total. The number of nitrogens with two attached hydrogens (primary N) is 1. The molecule has 0 bridgehead atoms. The normalized spacial score (nSPS) is 30.7. The maximum atomic E-state index is 6.05. The third-order valence-electron chi connectivity index (χ3n) is 3.70. The maximum absolute atomic E-state index is 6.05. The number of hydrogen-bond acceptors (Lipinski definition) is 1. The van der Waals surface area contributed by atoms with Crippen LogP contribution in [0.5, 0.6) is 0 Å². The van der Waals surface area contributed by atoms with Crippen molar-refractivity contribution in [1.82, 2.24) is 0 Å². The molecule has 1 fully saturated rings. The topological polar surface area (TPSA) is 26.0 Å². The maximum Gasteiger partial charge on any atom is 0.0130 e. The van der Waals surface area contributed by atoms with Crippen molar-refractivity contribution in [1.29, 1.82) is 0 Å². The van der Waals surface area contributed by atoms with Crippen molar-refractivity contribution in [3.05, 3.63) is 33.4 Å². The average molecular weight is 315 g/mol. The molecule has 0 saturated heterocycles. The highest BCUT2D eigenvalue weighted by molar-refractivity contribution is 14.1. The van der Waals surface area contributed by atoms with Crippen molar-refractivity contribution in [2.75, 3.05) is 0 Å². The first kappa shape index (κ1) is 11.4. The van der Waals surface area contributed by atoms with Crippen molar-refractivity contribution in [2.24, 2.45) is 17.6 Å². The molecule has 1 aliphatic carbocycles. The minimum absolute atomic E-state index is 0.429. The number of halogens is 1. The largest absolute Gasteiger partial charge is 0.327 e. The van der Waals surface area contributed by atoms with Gasteiger partial charge in [0.2, 0.25) is 0 Å². The summed E-state index contributed by atoms with van der Waals surface area (Å²) < 4.78 is 1.31. The van der Waals surface area contributed by atoms with Crippen LogP contribution in [0.25, 0.3) is 0 Å². The van der Waals surface area contributed by atoms with Crippen LogP contribution in [0, 0.1) is 15.4 Å². The van der Waals surface area contributed by atoms with Crippen LogP contribution in [-0.4, -0.2) is 6.04 Å². The molecule has 0 amide bonds. The summed E-state index contributed by atoms with van der Waals surface area (Å²) in [6.07, 6.45) is 3.70. The molecule has 2 rings (SSSR count). The van der Waals surface area contributed by atoms with Crippen LogP contribution in [-0.2, 0) is 6.42 Å². The van der Waals surface area contributed by atoms with E-state index in [9.17, 15) is 0 Å². The fourth-order valence-corrected chi connectivity index (χ4v) is 2.85. The molecular formula is C13H18IN. The molecule has 3 atom stereocenters. The summed E-state index contributed by atoms with van der Waals surface area (Å²) in [5, 5.41) is 0. The standard InChI is InChI=1S/C13H18IN/c1-9-11(4-7-13(9)15)8-10-2-5-12(14)6-3-10/h2-3,5-6,9,11,13H,4,7-8,15H2,1H3. The summed E-state index contributed by atoms with van der Waals surface area (Å²) in [7, 11) is 0. The van der Waals surface area contributed by atoms with Gasteiger partial charge in [-0.05, 0) is 71.4 Å². The van der Waals surface area contributed by atoms with E-state index in [4.69, 9.17) is 5.73 Å². The molecule has 15 heavy (non-hydrogen) atoms. The molecule has 0 radical (unpaired) electrons. The molecule has 1 nitrogen and oxygen atoms in total. The number of hydrogen-bond donors (Lipinski definition) is 1. The van der Waals surface area contributed by atoms with E-state index in [0.29, 0.717) is 12.0 Å². The van der Waals surface area contributed by atoms with Crippen molar-refractivity contribution in [3.8, 4) is 0 Å². The predicted molar refractivity (Wildman–Crippen MR) is 72.7 cm³/mol. The fourth-order valence-electron chi connectivity index (χ4n) is 2.49. The van der Waals surface area contributed by atoms with Crippen molar-refractivity contribution >= 4 is 22.6 Å². The lowest BCUT2D eigenvalue weighted by Gasteiger charge is -2.17. The van der Waals surface area contributed by atoms with E-state index in [1.165, 1.54) is 28.4 Å². The zero-order valence-corrected chi connectivity index (χ0v) is 11.3. The minimum atomic E-state index is 0.429. The van der Waals surface area contributed by atoms with E-state index < -0.39 is 0 Å². The van der Waals surface area contributed by atoms with E-state index in [0.717, 1.165) is 5.92 Å². The fraction of sp³-hybridized carbons (Fsp3) is 0.538. The molecule has 0 heterocycles. The van der Waals surface area contributed by atoms with Gasteiger partial charge in [0.05, 0.1) is 0 Å². The van der Waals surface area contributed by atoms with E-state index >= 15 is 0 Å². The lowest BCUT2D eigenvalue weighted by Crippen LogP contribution is -2.25. The molecule has 0 aromatic heterocycles. The Balaban J connectivity index is 2.00. The van der Waals surface area contributed by atoms with Crippen LogP contribution in [0.15, 0.2) is 24.3 Å². The molecule has 2 heteroatoms. The Morgan fingerprint density at radius 1 is 1.27 bits per heavy atom. The molecule has 0 aliphatic heterocycles. The molecule has 1 saturated carbocycles. The van der Waals surface area contributed by atoms with Crippen LogP contribution in [0.2, 0.25) is 0 Å². The SMILES string of the molecule is CC1C(N)CCC1Cc1ccc(I)cc1. The van der Waals surface area contributed by atoms with Gasteiger partial charge in [-0.25, -0.2) is 0 Å².